The summed E-state index contributed by atoms with van der Waals surface area (Å²) in [5.41, 5.74) is 5.56. The van der Waals surface area contributed by atoms with Crippen molar-refractivity contribution in [2.24, 2.45) is 0 Å². The van der Waals surface area contributed by atoms with Crippen molar-refractivity contribution in [3.8, 4) is 0 Å². The molecule has 0 bridgehead atoms. The Morgan fingerprint density at radius 3 is 2.83 bits per heavy atom. The van der Waals surface area contributed by atoms with E-state index in [0.29, 0.717) is 0 Å². The highest BCUT2D eigenvalue weighted by Crippen LogP contribution is 2.24. The molecule has 12 heavy (non-hydrogen) atoms. The van der Waals surface area contributed by atoms with Crippen molar-refractivity contribution in [1.82, 2.24) is 5.32 Å². The fourth-order valence-corrected chi connectivity index (χ4v) is 1.83. The smallest absolute Gasteiger partial charge is 0.0401 e. The molecule has 1 aromatic rings. The molecule has 1 nitrogen and oxygen atoms in total. The fraction of sp³-hybridized carbons (Fsp3) is 0.273. The van der Waals surface area contributed by atoms with Gasteiger partial charge in [-0.3, -0.25) is 0 Å². The lowest BCUT2D eigenvalue weighted by Gasteiger charge is -2.18. The summed E-state index contributed by atoms with van der Waals surface area (Å²) in [4.78, 5) is 0. The second-order valence-corrected chi connectivity index (χ2v) is 3.32. The first-order valence-electron chi connectivity index (χ1n) is 4.28. The van der Waals surface area contributed by atoms with Gasteiger partial charge in [0, 0.05) is 12.7 Å². The minimum absolute atomic E-state index is 0.967. The minimum atomic E-state index is 0.967. The number of fused-ring (bicyclic) bond motifs is 1. The van der Waals surface area contributed by atoms with Gasteiger partial charge in [-0.1, -0.05) is 18.2 Å². The van der Waals surface area contributed by atoms with E-state index in [1.165, 1.54) is 22.3 Å². The Morgan fingerprint density at radius 1 is 1.25 bits per heavy atom. The van der Waals surface area contributed by atoms with E-state index in [1.54, 1.807) is 0 Å². The summed E-state index contributed by atoms with van der Waals surface area (Å²) < 4.78 is 0. The van der Waals surface area contributed by atoms with Crippen LogP contribution in [-0.2, 0) is 6.54 Å². The Labute approximate surface area is 73.1 Å². The van der Waals surface area contributed by atoms with Crippen LogP contribution in [-0.4, -0.2) is 0 Å². The average Bonchev–Trinajstić information content (AvgIpc) is 2.04. The lowest BCUT2D eigenvalue weighted by atomic mass is 9.94. The molecule has 0 unspecified atom stereocenters. The molecule has 2 rings (SSSR count). The highest BCUT2D eigenvalue weighted by atomic mass is 14.8. The topological polar surface area (TPSA) is 12.0 Å². The quantitative estimate of drug-likeness (QED) is 0.613. The summed E-state index contributed by atoms with van der Waals surface area (Å²) >= 11 is 0. The molecule has 0 atom stereocenters. The summed E-state index contributed by atoms with van der Waals surface area (Å²) in [6.45, 7) is 5.29. The van der Waals surface area contributed by atoms with Crippen molar-refractivity contribution in [2.45, 2.75) is 20.4 Å². The third-order valence-corrected chi connectivity index (χ3v) is 2.36. The molecular formula is C11H13N. The van der Waals surface area contributed by atoms with Crippen molar-refractivity contribution in [1.29, 1.82) is 0 Å². The van der Waals surface area contributed by atoms with Gasteiger partial charge in [0.2, 0.25) is 0 Å². The monoisotopic (exact) mass is 159 g/mol. The van der Waals surface area contributed by atoms with E-state index in [9.17, 15) is 0 Å². The number of hydrogen-bond donors (Lipinski definition) is 1. The predicted molar refractivity (Wildman–Crippen MR) is 51.7 cm³/mol. The van der Waals surface area contributed by atoms with Crippen molar-refractivity contribution in [2.75, 3.05) is 0 Å². The third kappa shape index (κ3) is 1.02. The first kappa shape index (κ1) is 7.41. The number of aryl methyl sites for hydroxylation is 1. The number of nitrogens with one attached hydrogen (secondary N) is 1. The van der Waals surface area contributed by atoms with Crippen LogP contribution >= 0.6 is 0 Å². The van der Waals surface area contributed by atoms with Gasteiger partial charge < -0.3 is 5.32 Å². The molecule has 0 aliphatic carbocycles. The van der Waals surface area contributed by atoms with E-state index < -0.39 is 0 Å². The zero-order chi connectivity index (χ0) is 8.55. The lowest BCUT2D eigenvalue weighted by Crippen LogP contribution is -2.13. The molecule has 0 saturated carbocycles. The zero-order valence-electron chi connectivity index (χ0n) is 7.52. The van der Waals surface area contributed by atoms with Crippen LogP contribution in [0.5, 0.6) is 0 Å². The van der Waals surface area contributed by atoms with Crippen LogP contribution < -0.4 is 5.32 Å². The number of rotatable bonds is 0. The van der Waals surface area contributed by atoms with Crippen LogP contribution in [0.25, 0.3) is 5.57 Å². The molecule has 1 heteroatoms. The van der Waals surface area contributed by atoms with Crippen LogP contribution in [0.2, 0.25) is 0 Å². The molecule has 0 radical (unpaired) electrons. The molecule has 0 fully saturated rings. The SMILES string of the molecule is CC1=CNCc2cccc(C)c21. The van der Waals surface area contributed by atoms with Gasteiger partial charge >= 0.3 is 0 Å². The molecule has 1 aliphatic heterocycles. The molecule has 1 aromatic carbocycles. The van der Waals surface area contributed by atoms with Gasteiger partial charge in [-0.25, -0.2) is 0 Å². The van der Waals surface area contributed by atoms with Crippen molar-refractivity contribution >= 4 is 5.57 Å². The highest BCUT2D eigenvalue weighted by Gasteiger charge is 2.09. The number of allylic oxidation sites excluding steroid dienone is 1. The van der Waals surface area contributed by atoms with Crippen LogP contribution in [0.1, 0.15) is 23.6 Å². The van der Waals surface area contributed by atoms with E-state index in [0.717, 1.165) is 6.54 Å². The Kier molecular flexibility index (Phi) is 1.65. The molecule has 0 aromatic heterocycles. The van der Waals surface area contributed by atoms with E-state index in [4.69, 9.17) is 0 Å². The summed E-state index contributed by atoms with van der Waals surface area (Å²) in [6.07, 6.45) is 2.09. The van der Waals surface area contributed by atoms with E-state index >= 15 is 0 Å². The van der Waals surface area contributed by atoms with Gasteiger partial charge in [0.05, 0.1) is 0 Å². The molecule has 62 valence electrons. The second-order valence-electron chi connectivity index (χ2n) is 3.32. The maximum atomic E-state index is 3.26. The van der Waals surface area contributed by atoms with E-state index in [-0.39, 0.29) is 0 Å². The Bertz CT molecular complexity index is 337. The van der Waals surface area contributed by atoms with Crippen LogP contribution in [0.4, 0.5) is 0 Å². The molecular weight excluding hydrogens is 146 g/mol. The standard InChI is InChI=1S/C11H13N/c1-8-4-3-5-10-7-12-6-9(2)11(8)10/h3-6,12H,7H2,1-2H3. The molecule has 1 N–H and O–H groups in total. The molecule has 0 saturated heterocycles. The molecule has 1 aliphatic rings. The zero-order valence-corrected chi connectivity index (χ0v) is 7.52. The van der Waals surface area contributed by atoms with Crippen molar-refractivity contribution in [3.05, 3.63) is 41.1 Å². The minimum Gasteiger partial charge on any atom is -0.387 e. The van der Waals surface area contributed by atoms with Crippen LogP contribution in [0, 0.1) is 6.92 Å². The Balaban J connectivity index is 2.64. The van der Waals surface area contributed by atoms with Crippen molar-refractivity contribution < 1.29 is 0 Å². The maximum absolute atomic E-state index is 3.26. The highest BCUT2D eigenvalue weighted by molar-refractivity contribution is 5.70. The van der Waals surface area contributed by atoms with Gasteiger partial charge in [0.1, 0.15) is 0 Å². The first-order valence-corrected chi connectivity index (χ1v) is 4.28. The van der Waals surface area contributed by atoms with Gasteiger partial charge in [-0.05, 0) is 36.1 Å². The average molecular weight is 159 g/mol. The summed E-state index contributed by atoms with van der Waals surface area (Å²) in [6, 6.07) is 6.47. The number of benzene rings is 1. The number of hydrogen-bond acceptors (Lipinski definition) is 1. The largest absolute Gasteiger partial charge is 0.387 e. The van der Waals surface area contributed by atoms with Crippen LogP contribution in [0.3, 0.4) is 0 Å². The second kappa shape index (κ2) is 2.67. The summed E-state index contributed by atoms with van der Waals surface area (Å²) in [5, 5.41) is 3.26. The van der Waals surface area contributed by atoms with E-state index in [1.807, 2.05) is 0 Å². The van der Waals surface area contributed by atoms with Crippen LogP contribution in [0.15, 0.2) is 24.4 Å². The molecule has 0 amide bonds. The summed E-state index contributed by atoms with van der Waals surface area (Å²) in [5.74, 6) is 0. The Morgan fingerprint density at radius 2 is 2.08 bits per heavy atom. The predicted octanol–water partition coefficient (Wildman–Crippen LogP) is 2.46. The van der Waals surface area contributed by atoms with Crippen molar-refractivity contribution in [3.63, 3.8) is 0 Å². The molecule has 1 heterocycles. The van der Waals surface area contributed by atoms with Gasteiger partial charge in [-0.15, -0.1) is 0 Å². The van der Waals surface area contributed by atoms with E-state index in [2.05, 4.69) is 43.6 Å². The maximum Gasteiger partial charge on any atom is 0.0401 e. The fourth-order valence-electron chi connectivity index (χ4n) is 1.83. The van der Waals surface area contributed by atoms with Gasteiger partial charge in [-0.2, -0.15) is 0 Å². The normalized spacial score (nSPS) is 14.7. The first-order chi connectivity index (χ1) is 5.79. The van der Waals surface area contributed by atoms with Gasteiger partial charge in [0.25, 0.3) is 0 Å². The lowest BCUT2D eigenvalue weighted by molar-refractivity contribution is 0.849. The molecule has 0 spiro atoms. The van der Waals surface area contributed by atoms with Gasteiger partial charge in [0.15, 0.2) is 0 Å². The third-order valence-electron chi connectivity index (χ3n) is 2.36. The Hall–Kier alpha value is -1.24. The summed E-state index contributed by atoms with van der Waals surface area (Å²) in [7, 11) is 0.